The fourth-order valence-corrected chi connectivity index (χ4v) is 1.91. The van der Waals surface area contributed by atoms with Crippen molar-refractivity contribution in [2.75, 3.05) is 0 Å². The summed E-state index contributed by atoms with van der Waals surface area (Å²) in [6.07, 6.45) is 0.602. The van der Waals surface area contributed by atoms with Crippen LogP contribution in [0.1, 0.15) is 30.6 Å². The molecule has 0 saturated heterocycles. The van der Waals surface area contributed by atoms with Gasteiger partial charge < -0.3 is 15.6 Å². The van der Waals surface area contributed by atoms with Crippen LogP contribution in [0, 0.1) is 0 Å². The Kier molecular flexibility index (Phi) is 2.83. The predicted octanol–water partition coefficient (Wildman–Crippen LogP) is 0.919. The lowest BCUT2D eigenvalue weighted by atomic mass is 10.1. The summed E-state index contributed by atoms with van der Waals surface area (Å²) in [6, 6.07) is 5.47. The molecule has 0 saturated carbocycles. The second-order valence-electron chi connectivity index (χ2n) is 4.08. The van der Waals surface area contributed by atoms with Crippen LogP contribution in [0.2, 0.25) is 0 Å². The molecule has 16 heavy (non-hydrogen) atoms. The zero-order valence-electron chi connectivity index (χ0n) is 9.14. The molecule has 2 unspecified atom stereocenters. The lowest BCUT2D eigenvalue weighted by Crippen LogP contribution is -2.30. The van der Waals surface area contributed by atoms with Gasteiger partial charge in [0.15, 0.2) is 6.10 Å². The number of hydrogen-bond donors (Lipinski definition) is 2. The van der Waals surface area contributed by atoms with Gasteiger partial charge in [-0.1, -0.05) is 6.07 Å². The minimum absolute atomic E-state index is 0.363. The van der Waals surface area contributed by atoms with E-state index in [9.17, 15) is 9.90 Å². The molecule has 1 aliphatic carbocycles. The SMILES string of the molecule is CC(Oc1ccc2c(c1)CCC2O)C(N)=O. The fourth-order valence-electron chi connectivity index (χ4n) is 1.91. The average molecular weight is 221 g/mol. The zero-order chi connectivity index (χ0) is 11.7. The summed E-state index contributed by atoms with van der Waals surface area (Å²) < 4.78 is 5.38. The largest absolute Gasteiger partial charge is 0.481 e. The maximum atomic E-state index is 10.8. The first-order valence-corrected chi connectivity index (χ1v) is 5.35. The normalized spacial score (nSPS) is 20.2. The molecule has 0 fully saturated rings. The van der Waals surface area contributed by atoms with Gasteiger partial charge in [-0.15, -0.1) is 0 Å². The van der Waals surface area contributed by atoms with E-state index in [0.717, 1.165) is 24.0 Å². The van der Waals surface area contributed by atoms with Gasteiger partial charge in [0.2, 0.25) is 0 Å². The Balaban J connectivity index is 2.16. The standard InChI is InChI=1S/C12H15NO3/c1-7(12(13)15)16-9-3-4-10-8(6-9)2-5-11(10)14/h3-4,6-7,11,14H,2,5H2,1H3,(H2,13,15). The number of benzene rings is 1. The van der Waals surface area contributed by atoms with E-state index >= 15 is 0 Å². The molecule has 1 aromatic rings. The molecule has 4 nitrogen and oxygen atoms in total. The van der Waals surface area contributed by atoms with E-state index in [4.69, 9.17) is 10.5 Å². The second kappa shape index (κ2) is 4.14. The maximum Gasteiger partial charge on any atom is 0.258 e. The summed E-state index contributed by atoms with van der Waals surface area (Å²) in [7, 11) is 0. The molecule has 2 atom stereocenters. The Labute approximate surface area is 94.0 Å². The zero-order valence-corrected chi connectivity index (χ0v) is 9.14. The maximum absolute atomic E-state index is 10.8. The highest BCUT2D eigenvalue weighted by Gasteiger charge is 2.21. The minimum Gasteiger partial charge on any atom is -0.481 e. The van der Waals surface area contributed by atoms with E-state index in [0.29, 0.717) is 5.75 Å². The third kappa shape index (κ3) is 2.02. The number of carbonyl (C=O) groups is 1. The monoisotopic (exact) mass is 221 g/mol. The van der Waals surface area contributed by atoms with E-state index in [-0.39, 0.29) is 6.10 Å². The van der Waals surface area contributed by atoms with Crippen molar-refractivity contribution in [3.8, 4) is 5.75 Å². The minimum atomic E-state index is -0.635. The number of primary amides is 1. The Hall–Kier alpha value is -1.55. The summed E-state index contributed by atoms with van der Waals surface area (Å²) in [5.74, 6) is 0.139. The molecular weight excluding hydrogens is 206 g/mol. The molecule has 0 aromatic heterocycles. The van der Waals surface area contributed by atoms with Crippen LogP contribution in [0.15, 0.2) is 18.2 Å². The summed E-state index contributed by atoms with van der Waals surface area (Å²) in [5.41, 5.74) is 7.16. The highest BCUT2D eigenvalue weighted by Crippen LogP contribution is 2.33. The number of fused-ring (bicyclic) bond motifs is 1. The van der Waals surface area contributed by atoms with Crippen molar-refractivity contribution in [1.82, 2.24) is 0 Å². The highest BCUT2D eigenvalue weighted by molar-refractivity contribution is 5.78. The van der Waals surface area contributed by atoms with Gasteiger partial charge in [0.05, 0.1) is 6.10 Å². The number of aliphatic hydroxyl groups is 1. The third-order valence-corrected chi connectivity index (χ3v) is 2.87. The van der Waals surface area contributed by atoms with E-state index in [2.05, 4.69) is 0 Å². The van der Waals surface area contributed by atoms with Crippen molar-refractivity contribution in [2.45, 2.75) is 32.0 Å². The molecule has 2 rings (SSSR count). The van der Waals surface area contributed by atoms with Crippen LogP contribution >= 0.6 is 0 Å². The van der Waals surface area contributed by atoms with E-state index in [1.54, 1.807) is 13.0 Å². The number of ether oxygens (including phenoxy) is 1. The molecule has 0 bridgehead atoms. The van der Waals surface area contributed by atoms with Gasteiger partial charge in [-0.3, -0.25) is 4.79 Å². The van der Waals surface area contributed by atoms with Crippen LogP contribution in [-0.4, -0.2) is 17.1 Å². The fraction of sp³-hybridized carbons (Fsp3) is 0.417. The van der Waals surface area contributed by atoms with Crippen LogP contribution in [0.3, 0.4) is 0 Å². The Bertz CT molecular complexity index is 417. The average Bonchev–Trinajstić information content (AvgIpc) is 2.60. The Morgan fingerprint density at radius 2 is 2.38 bits per heavy atom. The van der Waals surface area contributed by atoms with E-state index in [1.165, 1.54) is 0 Å². The molecule has 86 valence electrons. The summed E-state index contributed by atoms with van der Waals surface area (Å²) in [6.45, 7) is 1.62. The first-order chi connectivity index (χ1) is 7.58. The lowest BCUT2D eigenvalue weighted by Gasteiger charge is -2.12. The number of aliphatic hydroxyl groups excluding tert-OH is 1. The first-order valence-electron chi connectivity index (χ1n) is 5.35. The number of amides is 1. The summed E-state index contributed by atoms with van der Waals surface area (Å²) in [5, 5.41) is 9.63. The van der Waals surface area contributed by atoms with Crippen molar-refractivity contribution >= 4 is 5.91 Å². The van der Waals surface area contributed by atoms with Gasteiger partial charge in [-0.05, 0) is 43.0 Å². The molecular formula is C12H15NO3. The van der Waals surface area contributed by atoms with Crippen LogP contribution in [0.5, 0.6) is 5.75 Å². The smallest absolute Gasteiger partial charge is 0.258 e. The van der Waals surface area contributed by atoms with Crippen molar-refractivity contribution < 1.29 is 14.6 Å². The van der Waals surface area contributed by atoms with E-state index < -0.39 is 12.0 Å². The lowest BCUT2D eigenvalue weighted by molar-refractivity contribution is -0.123. The van der Waals surface area contributed by atoms with Gasteiger partial charge in [-0.25, -0.2) is 0 Å². The van der Waals surface area contributed by atoms with Crippen LogP contribution in [0.25, 0.3) is 0 Å². The van der Waals surface area contributed by atoms with Crippen molar-refractivity contribution in [3.63, 3.8) is 0 Å². The predicted molar refractivity (Wildman–Crippen MR) is 59.0 cm³/mol. The second-order valence-corrected chi connectivity index (χ2v) is 4.08. The first kappa shape index (κ1) is 11.0. The third-order valence-electron chi connectivity index (χ3n) is 2.87. The molecule has 3 N–H and O–H groups in total. The Morgan fingerprint density at radius 1 is 1.62 bits per heavy atom. The molecule has 4 heteroatoms. The van der Waals surface area contributed by atoms with Crippen molar-refractivity contribution in [2.24, 2.45) is 5.73 Å². The van der Waals surface area contributed by atoms with Crippen LogP contribution in [-0.2, 0) is 11.2 Å². The van der Waals surface area contributed by atoms with Crippen LogP contribution in [0.4, 0.5) is 0 Å². The van der Waals surface area contributed by atoms with Gasteiger partial charge >= 0.3 is 0 Å². The molecule has 0 spiro atoms. The summed E-state index contributed by atoms with van der Waals surface area (Å²) >= 11 is 0. The highest BCUT2D eigenvalue weighted by atomic mass is 16.5. The van der Waals surface area contributed by atoms with Gasteiger partial charge in [-0.2, -0.15) is 0 Å². The van der Waals surface area contributed by atoms with Crippen LogP contribution < -0.4 is 10.5 Å². The molecule has 1 amide bonds. The molecule has 0 radical (unpaired) electrons. The number of nitrogens with two attached hydrogens (primary N) is 1. The molecule has 0 aliphatic heterocycles. The molecule has 1 aromatic carbocycles. The summed E-state index contributed by atoms with van der Waals surface area (Å²) in [4.78, 5) is 10.8. The number of hydrogen-bond acceptors (Lipinski definition) is 3. The topological polar surface area (TPSA) is 72.6 Å². The molecule has 0 heterocycles. The quantitative estimate of drug-likeness (QED) is 0.797. The Morgan fingerprint density at radius 3 is 3.06 bits per heavy atom. The van der Waals surface area contributed by atoms with E-state index in [1.807, 2.05) is 12.1 Å². The number of carbonyl (C=O) groups excluding carboxylic acids is 1. The van der Waals surface area contributed by atoms with Crippen molar-refractivity contribution in [3.05, 3.63) is 29.3 Å². The number of rotatable bonds is 3. The van der Waals surface area contributed by atoms with Gasteiger partial charge in [0.1, 0.15) is 5.75 Å². The van der Waals surface area contributed by atoms with Crippen molar-refractivity contribution in [1.29, 1.82) is 0 Å². The van der Waals surface area contributed by atoms with Gasteiger partial charge in [0.25, 0.3) is 5.91 Å². The van der Waals surface area contributed by atoms with Gasteiger partial charge in [0, 0.05) is 0 Å². The molecule has 1 aliphatic rings. The number of aryl methyl sites for hydroxylation is 1.